The number of halogens is 1. The van der Waals surface area contributed by atoms with E-state index in [0.717, 1.165) is 5.56 Å². The molecule has 0 amide bonds. The van der Waals surface area contributed by atoms with E-state index in [1.165, 1.54) is 12.1 Å². The largest absolute Gasteiger partial charge is 0.398 e. The molecule has 0 fully saturated rings. The van der Waals surface area contributed by atoms with Gasteiger partial charge in [-0.15, -0.1) is 0 Å². The van der Waals surface area contributed by atoms with Crippen molar-refractivity contribution in [3.63, 3.8) is 0 Å². The van der Waals surface area contributed by atoms with Crippen molar-refractivity contribution >= 4 is 19.0 Å². The SMILES string of the molecule is [B]c1cc(F)cc(N)c1C. The van der Waals surface area contributed by atoms with E-state index < -0.39 is 0 Å². The molecule has 0 saturated carbocycles. The Kier molecular flexibility index (Phi) is 1.66. The lowest BCUT2D eigenvalue weighted by Crippen LogP contribution is -2.10. The molecule has 1 aromatic rings. The first kappa shape index (κ1) is 7.13. The fourth-order valence-electron chi connectivity index (χ4n) is 0.722. The highest BCUT2D eigenvalue weighted by molar-refractivity contribution is 6.33. The molecule has 0 aliphatic heterocycles. The van der Waals surface area contributed by atoms with E-state index in [-0.39, 0.29) is 5.82 Å². The van der Waals surface area contributed by atoms with Gasteiger partial charge in [0.25, 0.3) is 0 Å². The summed E-state index contributed by atoms with van der Waals surface area (Å²) in [6.45, 7) is 1.75. The quantitative estimate of drug-likeness (QED) is 0.407. The third-order valence-electron chi connectivity index (χ3n) is 1.45. The monoisotopic (exact) mass is 135 g/mol. The highest BCUT2D eigenvalue weighted by Crippen LogP contribution is 2.08. The molecule has 0 saturated heterocycles. The molecule has 0 heterocycles. The molecule has 0 aliphatic carbocycles. The molecular formula is C7H7BFN. The van der Waals surface area contributed by atoms with E-state index >= 15 is 0 Å². The van der Waals surface area contributed by atoms with Crippen LogP contribution in [0.4, 0.5) is 10.1 Å². The van der Waals surface area contributed by atoms with Gasteiger partial charge in [-0.2, -0.15) is 0 Å². The van der Waals surface area contributed by atoms with Gasteiger partial charge < -0.3 is 5.73 Å². The normalized spacial score (nSPS) is 9.80. The molecule has 0 bridgehead atoms. The zero-order chi connectivity index (χ0) is 7.72. The Bertz CT molecular complexity index is 237. The van der Waals surface area contributed by atoms with E-state index in [1.807, 2.05) is 0 Å². The van der Waals surface area contributed by atoms with Crippen LogP contribution in [0.2, 0.25) is 0 Å². The lowest BCUT2D eigenvalue weighted by molar-refractivity contribution is 0.629. The summed E-state index contributed by atoms with van der Waals surface area (Å²) in [7, 11) is 5.40. The summed E-state index contributed by atoms with van der Waals surface area (Å²) in [6.07, 6.45) is 0. The summed E-state index contributed by atoms with van der Waals surface area (Å²) < 4.78 is 12.4. The second-order valence-corrected chi connectivity index (χ2v) is 2.21. The fraction of sp³-hybridized carbons (Fsp3) is 0.143. The van der Waals surface area contributed by atoms with Crippen molar-refractivity contribution in [3.05, 3.63) is 23.5 Å². The van der Waals surface area contributed by atoms with Crippen LogP contribution in [0.5, 0.6) is 0 Å². The van der Waals surface area contributed by atoms with Gasteiger partial charge in [-0.1, -0.05) is 5.46 Å². The van der Waals surface area contributed by atoms with Crippen LogP contribution >= 0.6 is 0 Å². The van der Waals surface area contributed by atoms with Gasteiger partial charge in [-0.05, 0) is 24.6 Å². The highest BCUT2D eigenvalue weighted by Gasteiger charge is 1.98. The van der Waals surface area contributed by atoms with Gasteiger partial charge >= 0.3 is 0 Å². The van der Waals surface area contributed by atoms with Crippen LogP contribution in [0.3, 0.4) is 0 Å². The Balaban J connectivity index is 3.31. The van der Waals surface area contributed by atoms with Gasteiger partial charge in [0, 0.05) is 5.69 Å². The fourth-order valence-corrected chi connectivity index (χ4v) is 0.722. The van der Waals surface area contributed by atoms with Gasteiger partial charge in [0.2, 0.25) is 0 Å². The van der Waals surface area contributed by atoms with Gasteiger partial charge in [-0.3, -0.25) is 0 Å². The summed E-state index contributed by atoms with van der Waals surface area (Å²) in [5.41, 5.74) is 6.94. The predicted octanol–water partition coefficient (Wildman–Crippen LogP) is 0.510. The van der Waals surface area contributed by atoms with Gasteiger partial charge in [0.05, 0.1) is 0 Å². The topological polar surface area (TPSA) is 26.0 Å². The lowest BCUT2D eigenvalue weighted by Gasteiger charge is -2.03. The number of hydrogen-bond acceptors (Lipinski definition) is 1. The van der Waals surface area contributed by atoms with Gasteiger partial charge in [0.15, 0.2) is 0 Å². The van der Waals surface area contributed by atoms with Gasteiger partial charge in [-0.25, -0.2) is 4.39 Å². The van der Waals surface area contributed by atoms with Crippen LogP contribution in [0, 0.1) is 12.7 Å². The van der Waals surface area contributed by atoms with Crippen molar-refractivity contribution in [1.29, 1.82) is 0 Å². The number of nitrogen functional groups attached to an aromatic ring is 1. The molecule has 2 radical (unpaired) electrons. The second-order valence-electron chi connectivity index (χ2n) is 2.21. The van der Waals surface area contributed by atoms with Crippen LogP contribution in [-0.4, -0.2) is 7.85 Å². The minimum atomic E-state index is -0.388. The zero-order valence-electron chi connectivity index (χ0n) is 5.69. The Morgan fingerprint density at radius 2 is 2.10 bits per heavy atom. The summed E-state index contributed by atoms with van der Waals surface area (Å²) >= 11 is 0. The first-order valence-electron chi connectivity index (χ1n) is 2.92. The molecule has 3 heteroatoms. The molecule has 0 atom stereocenters. The van der Waals surface area contributed by atoms with Crippen LogP contribution in [0.1, 0.15) is 5.56 Å². The standard InChI is InChI=1S/C7H7BFN/c1-4-6(8)2-5(9)3-7(4)10/h2-3H,10H2,1H3. The summed E-state index contributed by atoms with van der Waals surface area (Å²) in [5.74, 6) is -0.388. The molecule has 10 heavy (non-hydrogen) atoms. The minimum absolute atomic E-state index is 0.388. The number of anilines is 1. The summed E-state index contributed by atoms with van der Waals surface area (Å²) in [6, 6.07) is 2.51. The van der Waals surface area contributed by atoms with E-state index in [9.17, 15) is 4.39 Å². The van der Waals surface area contributed by atoms with Gasteiger partial charge in [0.1, 0.15) is 13.7 Å². The molecule has 1 aromatic carbocycles. The zero-order valence-corrected chi connectivity index (χ0v) is 5.69. The third-order valence-corrected chi connectivity index (χ3v) is 1.45. The van der Waals surface area contributed by atoms with E-state index in [0.29, 0.717) is 11.2 Å². The number of rotatable bonds is 0. The van der Waals surface area contributed by atoms with Crippen LogP contribution in [0.15, 0.2) is 12.1 Å². The maximum Gasteiger partial charge on any atom is 0.124 e. The third kappa shape index (κ3) is 1.13. The Labute approximate surface area is 60.5 Å². The van der Waals surface area contributed by atoms with Crippen molar-refractivity contribution in [2.45, 2.75) is 6.92 Å². The van der Waals surface area contributed by atoms with E-state index in [1.54, 1.807) is 6.92 Å². The molecule has 0 aromatic heterocycles. The van der Waals surface area contributed by atoms with Crippen LogP contribution in [0.25, 0.3) is 0 Å². The number of hydrogen-bond donors (Lipinski definition) is 1. The van der Waals surface area contributed by atoms with Crippen molar-refractivity contribution in [1.82, 2.24) is 0 Å². The predicted molar refractivity (Wildman–Crippen MR) is 40.9 cm³/mol. The maximum atomic E-state index is 12.4. The smallest absolute Gasteiger partial charge is 0.124 e. The lowest BCUT2D eigenvalue weighted by atomic mass is 9.90. The van der Waals surface area contributed by atoms with Crippen molar-refractivity contribution < 1.29 is 4.39 Å². The molecular weight excluding hydrogens is 128 g/mol. The van der Waals surface area contributed by atoms with E-state index in [4.69, 9.17) is 13.6 Å². The molecule has 0 spiro atoms. The average molecular weight is 135 g/mol. The van der Waals surface area contributed by atoms with Crippen LogP contribution < -0.4 is 11.2 Å². The second kappa shape index (κ2) is 2.33. The van der Waals surface area contributed by atoms with Crippen molar-refractivity contribution in [3.8, 4) is 0 Å². The first-order valence-corrected chi connectivity index (χ1v) is 2.92. The maximum absolute atomic E-state index is 12.4. The van der Waals surface area contributed by atoms with Crippen LogP contribution in [-0.2, 0) is 0 Å². The van der Waals surface area contributed by atoms with Crippen molar-refractivity contribution in [2.75, 3.05) is 5.73 Å². The molecule has 50 valence electrons. The molecule has 0 unspecified atom stereocenters. The average Bonchev–Trinajstić information content (AvgIpc) is 1.82. The van der Waals surface area contributed by atoms with E-state index in [2.05, 4.69) is 0 Å². The highest BCUT2D eigenvalue weighted by atomic mass is 19.1. The Morgan fingerprint density at radius 1 is 1.50 bits per heavy atom. The molecule has 1 rings (SSSR count). The Morgan fingerprint density at radius 3 is 2.60 bits per heavy atom. The Hall–Kier alpha value is -0.985. The summed E-state index contributed by atoms with van der Waals surface area (Å²) in [4.78, 5) is 0. The molecule has 2 N–H and O–H groups in total. The molecule has 0 aliphatic rings. The molecule has 1 nitrogen and oxygen atoms in total. The number of benzene rings is 1. The van der Waals surface area contributed by atoms with Crippen molar-refractivity contribution in [2.24, 2.45) is 0 Å². The summed E-state index contributed by atoms with van der Waals surface area (Å²) in [5, 5.41) is 0. The minimum Gasteiger partial charge on any atom is -0.398 e. The number of nitrogens with two attached hydrogens (primary N) is 1. The first-order chi connectivity index (χ1) is 4.61.